The Morgan fingerprint density at radius 2 is 2.08 bits per heavy atom. The fraction of sp³-hybridized carbons (Fsp3) is 0.591. The summed E-state index contributed by atoms with van der Waals surface area (Å²) in [5, 5.41) is 0. The van der Waals surface area contributed by atoms with Gasteiger partial charge in [-0.2, -0.15) is 0 Å². The Morgan fingerprint density at radius 1 is 1.31 bits per heavy atom. The molecule has 26 heavy (non-hydrogen) atoms. The summed E-state index contributed by atoms with van der Waals surface area (Å²) in [4.78, 5) is 14.5. The van der Waals surface area contributed by atoms with E-state index in [4.69, 9.17) is 9.47 Å². The number of carbonyl (C=O) groups excluding carboxylic acids is 1. The van der Waals surface area contributed by atoms with Gasteiger partial charge in [-0.25, -0.2) is 0 Å². The monoisotopic (exact) mass is 355 g/mol. The van der Waals surface area contributed by atoms with Gasteiger partial charge >= 0.3 is 0 Å². The molecule has 4 heteroatoms. The second-order valence-corrected chi connectivity index (χ2v) is 8.49. The SMILES string of the molecule is COc1ccc(CN2C[C@@]34C=CC(=O)CC3OC[C@@H]4[C@@H]2CC(C)C)cc1. The molecule has 2 saturated heterocycles. The van der Waals surface area contributed by atoms with Crippen molar-refractivity contribution in [1.82, 2.24) is 4.90 Å². The zero-order valence-electron chi connectivity index (χ0n) is 16.0. The molecule has 0 saturated carbocycles. The minimum absolute atomic E-state index is 0.0138. The van der Waals surface area contributed by atoms with E-state index in [1.165, 1.54) is 12.0 Å². The summed E-state index contributed by atoms with van der Waals surface area (Å²) < 4.78 is 11.4. The minimum atomic E-state index is 0.0138. The van der Waals surface area contributed by atoms with Crippen LogP contribution in [0.2, 0.25) is 0 Å². The molecule has 0 radical (unpaired) electrons. The molecule has 0 amide bonds. The second kappa shape index (κ2) is 6.82. The predicted molar refractivity (Wildman–Crippen MR) is 101 cm³/mol. The van der Waals surface area contributed by atoms with Gasteiger partial charge in [-0.3, -0.25) is 9.69 Å². The summed E-state index contributed by atoms with van der Waals surface area (Å²) in [7, 11) is 1.70. The van der Waals surface area contributed by atoms with Gasteiger partial charge in [-0.1, -0.05) is 32.1 Å². The van der Waals surface area contributed by atoms with Gasteiger partial charge in [0.1, 0.15) is 5.75 Å². The molecule has 1 aromatic carbocycles. The van der Waals surface area contributed by atoms with Gasteiger partial charge in [-0.15, -0.1) is 0 Å². The summed E-state index contributed by atoms with van der Waals surface area (Å²) >= 11 is 0. The summed E-state index contributed by atoms with van der Waals surface area (Å²) in [6.45, 7) is 7.29. The molecule has 0 N–H and O–H groups in total. The highest BCUT2D eigenvalue weighted by atomic mass is 16.5. The topological polar surface area (TPSA) is 38.8 Å². The number of nitrogens with zero attached hydrogens (tertiary/aromatic N) is 1. The molecule has 2 heterocycles. The Kier molecular flexibility index (Phi) is 4.66. The van der Waals surface area contributed by atoms with Crippen LogP contribution in [0.25, 0.3) is 0 Å². The van der Waals surface area contributed by atoms with Crippen LogP contribution in [0, 0.1) is 17.3 Å². The molecular weight excluding hydrogens is 326 g/mol. The van der Waals surface area contributed by atoms with E-state index in [1.807, 2.05) is 18.2 Å². The van der Waals surface area contributed by atoms with Crippen LogP contribution >= 0.6 is 0 Å². The molecule has 1 aromatic rings. The third-order valence-corrected chi connectivity index (χ3v) is 6.40. The highest BCUT2D eigenvalue weighted by Gasteiger charge is 2.60. The van der Waals surface area contributed by atoms with Crippen LogP contribution < -0.4 is 4.74 Å². The van der Waals surface area contributed by atoms with E-state index >= 15 is 0 Å². The maximum absolute atomic E-state index is 11.9. The van der Waals surface area contributed by atoms with Gasteiger partial charge < -0.3 is 9.47 Å². The van der Waals surface area contributed by atoms with Crippen LogP contribution in [0.5, 0.6) is 5.75 Å². The van der Waals surface area contributed by atoms with Crippen LogP contribution in [0.4, 0.5) is 0 Å². The molecule has 1 aliphatic carbocycles. The van der Waals surface area contributed by atoms with E-state index < -0.39 is 0 Å². The molecular formula is C22H29NO3. The number of ether oxygens (including phenoxy) is 2. The molecule has 2 fully saturated rings. The number of ketones is 1. The number of carbonyl (C=O) groups is 1. The Morgan fingerprint density at radius 3 is 2.77 bits per heavy atom. The van der Waals surface area contributed by atoms with Gasteiger partial charge in [0.15, 0.2) is 5.78 Å². The Bertz CT molecular complexity index is 696. The summed E-state index contributed by atoms with van der Waals surface area (Å²) in [5.41, 5.74) is 1.32. The third kappa shape index (κ3) is 2.99. The van der Waals surface area contributed by atoms with Gasteiger partial charge in [0.05, 0.1) is 19.8 Å². The van der Waals surface area contributed by atoms with Crippen LogP contribution in [0.3, 0.4) is 0 Å². The summed E-state index contributed by atoms with van der Waals surface area (Å²) in [5.74, 6) is 2.22. The highest BCUT2D eigenvalue weighted by Crippen LogP contribution is 2.54. The van der Waals surface area contributed by atoms with Crippen molar-refractivity contribution in [2.75, 3.05) is 20.3 Å². The molecule has 0 aromatic heterocycles. The number of hydrogen-bond acceptors (Lipinski definition) is 4. The van der Waals surface area contributed by atoms with Crippen molar-refractivity contribution < 1.29 is 14.3 Å². The zero-order chi connectivity index (χ0) is 18.3. The maximum atomic E-state index is 11.9. The number of rotatable bonds is 5. The van der Waals surface area contributed by atoms with Crippen molar-refractivity contribution in [3.63, 3.8) is 0 Å². The largest absolute Gasteiger partial charge is 0.497 e. The van der Waals surface area contributed by atoms with Crippen LogP contribution in [0.15, 0.2) is 36.4 Å². The molecule has 0 bridgehead atoms. The van der Waals surface area contributed by atoms with Crippen molar-refractivity contribution in [2.24, 2.45) is 17.3 Å². The maximum Gasteiger partial charge on any atom is 0.158 e. The average Bonchev–Trinajstić information content (AvgIpc) is 3.10. The standard InChI is InChI=1S/C22H29NO3/c1-15(2)10-20-19-13-26-21-11-17(24)8-9-22(19,21)14-23(20)12-16-4-6-18(25-3)7-5-16/h4-9,15,19-21H,10-14H2,1-3H3/t19-,20+,21?,22-/m1/s1. The van der Waals surface area contributed by atoms with Crippen molar-refractivity contribution in [3.05, 3.63) is 42.0 Å². The fourth-order valence-electron chi connectivity index (χ4n) is 5.15. The first-order valence-electron chi connectivity index (χ1n) is 9.72. The molecule has 4 atom stereocenters. The van der Waals surface area contributed by atoms with E-state index in [0.29, 0.717) is 24.3 Å². The molecule has 2 aliphatic heterocycles. The molecule has 1 unspecified atom stereocenters. The zero-order valence-corrected chi connectivity index (χ0v) is 16.0. The van der Waals surface area contributed by atoms with Crippen molar-refractivity contribution in [2.45, 2.75) is 45.4 Å². The molecule has 4 rings (SSSR count). The minimum Gasteiger partial charge on any atom is -0.497 e. The predicted octanol–water partition coefficient (Wildman–Crippen LogP) is 3.46. The first-order chi connectivity index (χ1) is 12.5. The smallest absolute Gasteiger partial charge is 0.158 e. The fourth-order valence-corrected chi connectivity index (χ4v) is 5.15. The lowest BCUT2D eigenvalue weighted by molar-refractivity contribution is -0.118. The van der Waals surface area contributed by atoms with E-state index in [9.17, 15) is 4.79 Å². The van der Waals surface area contributed by atoms with Crippen LogP contribution in [0.1, 0.15) is 32.3 Å². The van der Waals surface area contributed by atoms with Crippen molar-refractivity contribution >= 4 is 5.78 Å². The lowest BCUT2D eigenvalue weighted by atomic mass is 9.69. The van der Waals surface area contributed by atoms with Crippen molar-refractivity contribution in [1.29, 1.82) is 0 Å². The first kappa shape index (κ1) is 17.7. The molecule has 3 aliphatic rings. The van der Waals surface area contributed by atoms with E-state index in [2.05, 4.69) is 37.0 Å². The van der Waals surface area contributed by atoms with Crippen LogP contribution in [-0.4, -0.2) is 43.1 Å². The van der Waals surface area contributed by atoms with Gasteiger partial charge in [-0.05, 0) is 36.1 Å². The lowest BCUT2D eigenvalue weighted by Crippen LogP contribution is -2.39. The number of likely N-dealkylation sites (tertiary alicyclic amines) is 1. The van der Waals surface area contributed by atoms with E-state index in [1.54, 1.807) is 7.11 Å². The summed E-state index contributed by atoms with van der Waals surface area (Å²) in [6.07, 6.45) is 5.75. The average molecular weight is 355 g/mol. The molecule has 1 spiro atoms. The van der Waals surface area contributed by atoms with Crippen molar-refractivity contribution in [3.8, 4) is 5.75 Å². The van der Waals surface area contributed by atoms with Gasteiger partial charge in [0, 0.05) is 36.9 Å². The van der Waals surface area contributed by atoms with Gasteiger partial charge in [0.25, 0.3) is 0 Å². The first-order valence-corrected chi connectivity index (χ1v) is 9.72. The molecule has 4 nitrogen and oxygen atoms in total. The number of methoxy groups -OCH3 is 1. The second-order valence-electron chi connectivity index (χ2n) is 8.49. The van der Waals surface area contributed by atoms with Gasteiger partial charge in [0.2, 0.25) is 0 Å². The Balaban J connectivity index is 1.60. The number of benzene rings is 1. The molecule has 140 valence electrons. The van der Waals surface area contributed by atoms with Crippen LogP contribution in [-0.2, 0) is 16.1 Å². The van der Waals surface area contributed by atoms with E-state index in [-0.39, 0.29) is 17.3 Å². The number of allylic oxidation sites excluding steroid dienone is 1. The normalized spacial score (nSPS) is 33.5. The number of hydrogen-bond donors (Lipinski definition) is 0. The lowest BCUT2D eigenvalue weighted by Gasteiger charge is -2.33. The quantitative estimate of drug-likeness (QED) is 0.811. The third-order valence-electron chi connectivity index (χ3n) is 6.40. The Labute approximate surface area is 156 Å². The van der Waals surface area contributed by atoms with E-state index in [0.717, 1.165) is 25.4 Å². The Hall–Kier alpha value is -1.65. The highest BCUT2D eigenvalue weighted by molar-refractivity contribution is 5.91. The summed E-state index contributed by atoms with van der Waals surface area (Å²) in [6, 6.07) is 8.89.